The Labute approximate surface area is 97.7 Å². The second kappa shape index (κ2) is 5.17. The van der Waals surface area contributed by atoms with E-state index in [4.69, 9.17) is 5.11 Å². The van der Waals surface area contributed by atoms with Crippen LogP contribution in [0.2, 0.25) is 0 Å². The molecule has 96 valence electrons. The van der Waals surface area contributed by atoms with Crippen molar-refractivity contribution in [1.29, 1.82) is 0 Å². The molecule has 0 spiro atoms. The van der Waals surface area contributed by atoms with Crippen molar-refractivity contribution in [3.8, 4) is 5.75 Å². The monoisotopic (exact) mass is 261 g/mol. The van der Waals surface area contributed by atoms with Crippen LogP contribution in [-0.4, -0.2) is 28.9 Å². The van der Waals surface area contributed by atoms with Crippen LogP contribution in [0.4, 0.5) is 14.5 Å². The lowest BCUT2D eigenvalue weighted by Crippen LogP contribution is -2.11. The number of alkyl halides is 2. The maximum Gasteiger partial charge on any atom is 0.387 e. The number of aromatic carboxylic acids is 1. The number of carboxylic acids is 1. The molecule has 1 rings (SSSR count). The zero-order valence-electron chi connectivity index (χ0n) is 8.50. The van der Waals surface area contributed by atoms with E-state index < -0.39 is 40.1 Å². The lowest BCUT2D eigenvalue weighted by molar-refractivity contribution is -0.385. The predicted octanol–water partition coefficient (Wildman–Crippen LogP) is 1.71. The molecule has 0 atom stereocenters. The maximum atomic E-state index is 12.0. The molecule has 0 saturated heterocycles. The Balaban J connectivity index is 3.53. The van der Waals surface area contributed by atoms with Gasteiger partial charge < -0.3 is 9.84 Å². The lowest BCUT2D eigenvalue weighted by atomic mass is 10.1. The van der Waals surface area contributed by atoms with E-state index in [0.29, 0.717) is 12.1 Å². The Morgan fingerprint density at radius 1 is 1.50 bits per heavy atom. The Hall–Kier alpha value is -2.58. The average molecular weight is 261 g/mol. The fraction of sp³-hybridized carbons (Fsp3) is 0.111. The van der Waals surface area contributed by atoms with E-state index in [9.17, 15) is 28.5 Å². The number of nitrogens with zero attached hydrogens (tertiary/aromatic N) is 1. The molecule has 0 radical (unpaired) electrons. The van der Waals surface area contributed by atoms with Crippen molar-refractivity contribution in [3.63, 3.8) is 0 Å². The van der Waals surface area contributed by atoms with Crippen LogP contribution in [-0.2, 0) is 0 Å². The summed E-state index contributed by atoms with van der Waals surface area (Å²) in [5.41, 5.74) is -2.60. The first-order valence-corrected chi connectivity index (χ1v) is 4.33. The van der Waals surface area contributed by atoms with Gasteiger partial charge >= 0.3 is 12.6 Å². The third-order valence-corrected chi connectivity index (χ3v) is 1.93. The lowest BCUT2D eigenvalue weighted by Gasteiger charge is -2.09. The first-order chi connectivity index (χ1) is 8.38. The van der Waals surface area contributed by atoms with Crippen LogP contribution in [0.25, 0.3) is 0 Å². The van der Waals surface area contributed by atoms with Gasteiger partial charge in [0.15, 0.2) is 6.29 Å². The number of ether oxygens (including phenoxy) is 1. The molecule has 0 unspecified atom stereocenters. The molecule has 0 aliphatic heterocycles. The van der Waals surface area contributed by atoms with Crippen LogP contribution in [0.15, 0.2) is 12.1 Å². The van der Waals surface area contributed by atoms with Gasteiger partial charge in [0, 0.05) is 6.07 Å². The van der Waals surface area contributed by atoms with Crippen molar-refractivity contribution in [1.82, 2.24) is 0 Å². The number of rotatable bonds is 5. The summed E-state index contributed by atoms with van der Waals surface area (Å²) in [7, 11) is 0. The molecule has 18 heavy (non-hydrogen) atoms. The van der Waals surface area contributed by atoms with Gasteiger partial charge in [0.2, 0.25) is 0 Å². The number of nitro benzene ring substituents is 1. The Morgan fingerprint density at radius 3 is 2.50 bits per heavy atom. The summed E-state index contributed by atoms with van der Waals surface area (Å²) in [6.45, 7) is -3.32. The van der Waals surface area contributed by atoms with Gasteiger partial charge in [-0.1, -0.05) is 0 Å². The van der Waals surface area contributed by atoms with E-state index in [1.165, 1.54) is 0 Å². The fourth-order valence-electron chi connectivity index (χ4n) is 1.28. The number of nitro groups is 1. The highest BCUT2D eigenvalue weighted by atomic mass is 19.3. The molecule has 0 fully saturated rings. The number of carboxylic acid groups (broad SMARTS) is 1. The van der Waals surface area contributed by atoms with Gasteiger partial charge in [-0.05, 0) is 6.07 Å². The normalized spacial score (nSPS) is 10.2. The second-order valence-electron chi connectivity index (χ2n) is 2.93. The van der Waals surface area contributed by atoms with E-state index >= 15 is 0 Å². The van der Waals surface area contributed by atoms with Crippen LogP contribution in [0.5, 0.6) is 5.75 Å². The predicted molar refractivity (Wildman–Crippen MR) is 52.1 cm³/mol. The van der Waals surface area contributed by atoms with Gasteiger partial charge in [-0.25, -0.2) is 4.79 Å². The molecule has 0 aliphatic rings. The van der Waals surface area contributed by atoms with Crippen molar-refractivity contribution in [2.75, 3.05) is 0 Å². The summed E-state index contributed by atoms with van der Waals surface area (Å²) >= 11 is 0. The molecule has 0 amide bonds. The van der Waals surface area contributed by atoms with Crippen LogP contribution in [0.1, 0.15) is 20.7 Å². The Kier molecular flexibility index (Phi) is 3.87. The van der Waals surface area contributed by atoms with E-state index in [2.05, 4.69) is 4.74 Å². The highest BCUT2D eigenvalue weighted by Crippen LogP contribution is 2.30. The van der Waals surface area contributed by atoms with E-state index in [1.807, 2.05) is 0 Å². The van der Waals surface area contributed by atoms with Crippen molar-refractivity contribution in [2.24, 2.45) is 0 Å². The molecule has 1 N–H and O–H groups in total. The Bertz CT molecular complexity index is 516. The van der Waals surface area contributed by atoms with Crippen molar-refractivity contribution < 1.29 is 33.1 Å². The third kappa shape index (κ3) is 2.56. The van der Waals surface area contributed by atoms with E-state index in [-0.39, 0.29) is 6.29 Å². The van der Waals surface area contributed by atoms with E-state index in [0.717, 1.165) is 0 Å². The smallest absolute Gasteiger partial charge is 0.387 e. The van der Waals surface area contributed by atoms with Gasteiger partial charge in [0.25, 0.3) is 5.69 Å². The fourth-order valence-corrected chi connectivity index (χ4v) is 1.28. The zero-order chi connectivity index (χ0) is 13.9. The molecule has 0 aromatic heterocycles. The first-order valence-electron chi connectivity index (χ1n) is 4.33. The number of hydrogen-bond acceptors (Lipinski definition) is 5. The minimum absolute atomic E-state index is 0.0973. The number of carbonyl (C=O) groups excluding carboxylic acids is 1. The van der Waals surface area contributed by atoms with Crippen LogP contribution >= 0.6 is 0 Å². The number of halogens is 2. The quantitative estimate of drug-likeness (QED) is 0.491. The van der Waals surface area contributed by atoms with Crippen LogP contribution in [0, 0.1) is 10.1 Å². The van der Waals surface area contributed by atoms with Gasteiger partial charge in [0.1, 0.15) is 16.9 Å². The van der Waals surface area contributed by atoms with Gasteiger partial charge in [-0.3, -0.25) is 14.9 Å². The summed E-state index contributed by atoms with van der Waals surface area (Å²) in [5, 5.41) is 19.3. The molecule has 1 aromatic carbocycles. The van der Waals surface area contributed by atoms with Crippen LogP contribution in [0.3, 0.4) is 0 Å². The number of aldehydes is 1. The van der Waals surface area contributed by atoms with Gasteiger partial charge in [-0.2, -0.15) is 8.78 Å². The number of carbonyl (C=O) groups is 2. The first kappa shape index (κ1) is 13.5. The average Bonchev–Trinajstić information content (AvgIpc) is 2.26. The Morgan fingerprint density at radius 2 is 2.11 bits per heavy atom. The SMILES string of the molecule is O=Cc1c([N+](=O)[O-])ccc(OC(F)F)c1C(=O)O. The molecule has 0 heterocycles. The maximum absolute atomic E-state index is 12.0. The summed E-state index contributed by atoms with van der Waals surface area (Å²) in [6, 6.07) is 1.41. The van der Waals surface area contributed by atoms with E-state index in [1.54, 1.807) is 0 Å². The minimum Gasteiger partial charge on any atom is -0.478 e. The molecular weight excluding hydrogens is 256 g/mol. The summed E-state index contributed by atoms with van der Waals surface area (Å²) < 4.78 is 27.9. The largest absolute Gasteiger partial charge is 0.478 e. The number of hydrogen-bond donors (Lipinski definition) is 1. The number of benzene rings is 1. The third-order valence-electron chi connectivity index (χ3n) is 1.93. The second-order valence-corrected chi connectivity index (χ2v) is 2.93. The topological polar surface area (TPSA) is 107 Å². The standard InChI is InChI=1S/C9H5F2NO6/c10-9(11)18-6-2-1-5(12(16)17)4(3-13)7(6)8(14)15/h1-3,9H,(H,14,15). The molecule has 0 saturated carbocycles. The highest BCUT2D eigenvalue weighted by molar-refractivity contribution is 6.02. The molecular formula is C9H5F2NO6. The van der Waals surface area contributed by atoms with Crippen molar-refractivity contribution in [3.05, 3.63) is 33.4 Å². The summed E-state index contributed by atoms with van der Waals surface area (Å²) in [4.78, 5) is 31.1. The molecule has 0 aliphatic carbocycles. The van der Waals surface area contributed by atoms with Crippen molar-refractivity contribution in [2.45, 2.75) is 6.61 Å². The molecule has 1 aromatic rings. The molecule has 0 bridgehead atoms. The van der Waals surface area contributed by atoms with Crippen LogP contribution < -0.4 is 4.74 Å². The summed E-state index contributed by atoms with van der Waals surface area (Å²) in [6.07, 6.45) is -0.0973. The highest BCUT2D eigenvalue weighted by Gasteiger charge is 2.26. The van der Waals surface area contributed by atoms with Crippen molar-refractivity contribution >= 4 is 17.9 Å². The van der Waals surface area contributed by atoms with Gasteiger partial charge in [-0.15, -0.1) is 0 Å². The molecule has 9 heteroatoms. The zero-order valence-corrected chi connectivity index (χ0v) is 8.50. The van der Waals surface area contributed by atoms with Gasteiger partial charge in [0.05, 0.1) is 4.92 Å². The minimum atomic E-state index is -3.32. The summed E-state index contributed by atoms with van der Waals surface area (Å²) in [5.74, 6) is -2.60. The molecule has 7 nitrogen and oxygen atoms in total.